The Morgan fingerprint density at radius 2 is 1.91 bits per heavy atom. The molecule has 1 aromatic heterocycles. The van der Waals surface area contributed by atoms with Crippen molar-refractivity contribution in [3.05, 3.63) is 29.0 Å². The van der Waals surface area contributed by atoms with Crippen molar-refractivity contribution in [1.82, 2.24) is 20.9 Å². The Kier molecular flexibility index (Phi) is 9.13. The van der Waals surface area contributed by atoms with Gasteiger partial charge < -0.3 is 21.1 Å². The summed E-state index contributed by atoms with van der Waals surface area (Å²) in [6.07, 6.45) is 1.91. The van der Waals surface area contributed by atoms with Gasteiger partial charge in [-0.25, -0.2) is 4.98 Å². The molecule has 2 rings (SSSR count). The van der Waals surface area contributed by atoms with E-state index in [1.807, 2.05) is 0 Å². The van der Waals surface area contributed by atoms with Gasteiger partial charge in [-0.15, -0.1) is 0 Å². The minimum atomic E-state index is -0.881. The molecule has 122 valence electrons. The standard InChI is InChI=1S/C10H11ClN2O3.C4H10N2/c11-9-7(3-1-5-12-9)10(16)13-6-2-4-8(14)15;1-2-6-4-3-5-1/h1,3,5H,2,4,6H2,(H,13,16)(H,14,15);5-6H,1-4H2. The maximum atomic E-state index is 11.5. The number of amides is 1. The number of halogens is 1. The van der Waals surface area contributed by atoms with Gasteiger partial charge >= 0.3 is 5.97 Å². The number of aromatic nitrogens is 1. The van der Waals surface area contributed by atoms with E-state index < -0.39 is 5.97 Å². The van der Waals surface area contributed by atoms with Crippen molar-refractivity contribution < 1.29 is 14.7 Å². The van der Waals surface area contributed by atoms with E-state index in [4.69, 9.17) is 16.7 Å². The molecule has 1 fully saturated rings. The molecule has 1 amide bonds. The van der Waals surface area contributed by atoms with Crippen LogP contribution >= 0.6 is 11.6 Å². The number of carbonyl (C=O) groups excluding carboxylic acids is 1. The fourth-order valence-corrected chi connectivity index (χ4v) is 1.90. The van der Waals surface area contributed by atoms with Gasteiger partial charge in [0.1, 0.15) is 5.15 Å². The minimum absolute atomic E-state index is 0.0288. The second-order valence-corrected chi connectivity index (χ2v) is 4.95. The number of hydrogen-bond donors (Lipinski definition) is 4. The SMILES string of the molecule is C1CNCCN1.O=C(O)CCCNC(=O)c1cccnc1Cl. The van der Waals surface area contributed by atoms with E-state index in [0.717, 1.165) is 26.2 Å². The van der Waals surface area contributed by atoms with Gasteiger partial charge in [0.05, 0.1) is 5.56 Å². The molecule has 7 nitrogen and oxygen atoms in total. The van der Waals surface area contributed by atoms with Crippen LogP contribution in [0.15, 0.2) is 18.3 Å². The van der Waals surface area contributed by atoms with Crippen LogP contribution < -0.4 is 16.0 Å². The van der Waals surface area contributed by atoms with Crippen molar-refractivity contribution in [1.29, 1.82) is 0 Å². The second-order valence-electron chi connectivity index (χ2n) is 4.59. The highest BCUT2D eigenvalue weighted by atomic mass is 35.5. The van der Waals surface area contributed by atoms with Gasteiger partial charge in [-0.1, -0.05) is 11.6 Å². The zero-order valence-electron chi connectivity index (χ0n) is 12.3. The normalized spacial score (nSPS) is 13.7. The van der Waals surface area contributed by atoms with Gasteiger partial charge in [-0.05, 0) is 18.6 Å². The maximum absolute atomic E-state index is 11.5. The minimum Gasteiger partial charge on any atom is -0.481 e. The van der Waals surface area contributed by atoms with Gasteiger partial charge in [0.2, 0.25) is 0 Å². The second kappa shape index (κ2) is 10.9. The number of carboxylic acid groups (broad SMARTS) is 1. The largest absolute Gasteiger partial charge is 0.481 e. The first kappa shape index (κ1) is 18.3. The van der Waals surface area contributed by atoms with Gasteiger partial charge in [0.25, 0.3) is 5.91 Å². The Labute approximate surface area is 134 Å². The van der Waals surface area contributed by atoms with Crippen molar-refractivity contribution >= 4 is 23.5 Å². The summed E-state index contributed by atoms with van der Waals surface area (Å²) in [7, 11) is 0. The van der Waals surface area contributed by atoms with Crippen molar-refractivity contribution in [3.8, 4) is 0 Å². The summed E-state index contributed by atoms with van der Waals surface area (Å²) in [6, 6.07) is 3.17. The number of hydrogen-bond acceptors (Lipinski definition) is 5. The highest BCUT2D eigenvalue weighted by Crippen LogP contribution is 2.10. The summed E-state index contributed by atoms with van der Waals surface area (Å²) in [5, 5.41) is 17.5. The van der Waals surface area contributed by atoms with Crippen molar-refractivity contribution in [2.45, 2.75) is 12.8 Å². The van der Waals surface area contributed by atoms with E-state index in [2.05, 4.69) is 20.9 Å². The van der Waals surface area contributed by atoms with Crippen molar-refractivity contribution in [2.75, 3.05) is 32.7 Å². The highest BCUT2D eigenvalue weighted by molar-refractivity contribution is 6.32. The molecule has 22 heavy (non-hydrogen) atoms. The highest BCUT2D eigenvalue weighted by Gasteiger charge is 2.09. The first-order valence-corrected chi connectivity index (χ1v) is 7.51. The van der Waals surface area contributed by atoms with E-state index in [0.29, 0.717) is 18.5 Å². The molecule has 1 aliphatic rings. The molecule has 0 unspecified atom stereocenters. The van der Waals surface area contributed by atoms with Gasteiger partial charge in [-0.3, -0.25) is 9.59 Å². The zero-order chi connectivity index (χ0) is 16.2. The predicted molar refractivity (Wildman–Crippen MR) is 84.2 cm³/mol. The smallest absolute Gasteiger partial charge is 0.303 e. The number of carboxylic acids is 1. The van der Waals surface area contributed by atoms with Crippen LogP contribution in [-0.4, -0.2) is 54.7 Å². The number of pyridine rings is 1. The van der Waals surface area contributed by atoms with Gasteiger partial charge in [-0.2, -0.15) is 0 Å². The van der Waals surface area contributed by atoms with Crippen LogP contribution in [0, 0.1) is 0 Å². The molecular weight excluding hydrogens is 308 g/mol. The summed E-state index contributed by atoms with van der Waals surface area (Å²) in [5.41, 5.74) is 0.291. The molecule has 0 aliphatic carbocycles. The van der Waals surface area contributed by atoms with Crippen LogP contribution in [0.25, 0.3) is 0 Å². The van der Waals surface area contributed by atoms with E-state index in [1.54, 1.807) is 12.1 Å². The van der Waals surface area contributed by atoms with Crippen LogP contribution in [0.4, 0.5) is 0 Å². The summed E-state index contributed by atoms with van der Waals surface area (Å²) >= 11 is 5.72. The Bertz CT molecular complexity index is 469. The van der Waals surface area contributed by atoms with Gasteiger partial charge in [0, 0.05) is 45.3 Å². The van der Waals surface area contributed by atoms with E-state index in [-0.39, 0.29) is 17.5 Å². The van der Waals surface area contributed by atoms with Crippen LogP contribution in [0.3, 0.4) is 0 Å². The first-order chi connectivity index (χ1) is 10.6. The third-order valence-electron chi connectivity index (χ3n) is 2.81. The Morgan fingerprint density at radius 3 is 2.41 bits per heavy atom. The molecule has 1 aromatic rings. The topological polar surface area (TPSA) is 103 Å². The fraction of sp³-hybridized carbons (Fsp3) is 0.500. The first-order valence-electron chi connectivity index (χ1n) is 7.13. The molecular formula is C14H21ClN4O3. The molecule has 0 saturated carbocycles. The lowest BCUT2D eigenvalue weighted by atomic mass is 10.2. The zero-order valence-corrected chi connectivity index (χ0v) is 13.0. The predicted octanol–water partition coefficient (Wildman–Crippen LogP) is 0.509. The molecule has 4 N–H and O–H groups in total. The van der Waals surface area contributed by atoms with E-state index in [9.17, 15) is 9.59 Å². The number of aliphatic carboxylic acids is 1. The molecule has 0 radical (unpaired) electrons. The third-order valence-corrected chi connectivity index (χ3v) is 3.11. The van der Waals surface area contributed by atoms with Crippen LogP contribution in [0.1, 0.15) is 23.2 Å². The monoisotopic (exact) mass is 328 g/mol. The molecule has 1 aliphatic heterocycles. The summed E-state index contributed by atoms with van der Waals surface area (Å²) in [5.74, 6) is -1.22. The quantitative estimate of drug-likeness (QED) is 0.464. The van der Waals surface area contributed by atoms with E-state index >= 15 is 0 Å². The molecule has 0 bridgehead atoms. The Hall–Kier alpha value is -1.70. The number of nitrogens with zero attached hydrogens (tertiary/aromatic N) is 1. The molecule has 0 atom stereocenters. The van der Waals surface area contributed by atoms with Gasteiger partial charge in [0.15, 0.2) is 0 Å². The van der Waals surface area contributed by atoms with Crippen molar-refractivity contribution in [3.63, 3.8) is 0 Å². The average Bonchev–Trinajstić information content (AvgIpc) is 2.54. The lowest BCUT2D eigenvalue weighted by Gasteiger charge is -2.11. The molecule has 2 heterocycles. The number of carbonyl (C=O) groups is 2. The number of piperazine rings is 1. The Morgan fingerprint density at radius 1 is 1.27 bits per heavy atom. The molecule has 8 heteroatoms. The number of rotatable bonds is 5. The summed E-state index contributed by atoms with van der Waals surface area (Å²) in [6.45, 7) is 4.86. The van der Waals surface area contributed by atoms with Crippen LogP contribution in [0.5, 0.6) is 0 Å². The van der Waals surface area contributed by atoms with Crippen LogP contribution in [0.2, 0.25) is 5.15 Å². The van der Waals surface area contributed by atoms with E-state index in [1.165, 1.54) is 6.20 Å². The summed E-state index contributed by atoms with van der Waals surface area (Å²) < 4.78 is 0. The van der Waals surface area contributed by atoms with Crippen LogP contribution in [-0.2, 0) is 4.79 Å². The summed E-state index contributed by atoms with van der Waals surface area (Å²) in [4.78, 5) is 25.5. The molecule has 1 saturated heterocycles. The molecule has 0 aromatic carbocycles. The lowest BCUT2D eigenvalue weighted by molar-refractivity contribution is -0.137. The lowest BCUT2D eigenvalue weighted by Crippen LogP contribution is -2.39. The average molecular weight is 329 g/mol. The third kappa shape index (κ3) is 7.92. The number of nitrogens with one attached hydrogen (secondary N) is 3. The van der Waals surface area contributed by atoms with Crippen molar-refractivity contribution in [2.24, 2.45) is 0 Å². The molecule has 0 spiro atoms. The fourth-order valence-electron chi connectivity index (χ4n) is 1.70. The Balaban J connectivity index is 0.000000335. The maximum Gasteiger partial charge on any atom is 0.303 e.